The lowest BCUT2D eigenvalue weighted by Gasteiger charge is -2.36. The SMILES string of the molecule is Cn1cc(N2CC(C)(c3cc(C(N)=O)ccc3F)N=C(N)C2=O)cn1. The van der Waals surface area contributed by atoms with Crippen LogP contribution in [0.25, 0.3) is 0 Å². The third kappa shape index (κ3) is 2.84. The molecule has 2 aromatic rings. The van der Waals surface area contributed by atoms with Gasteiger partial charge in [0.2, 0.25) is 5.91 Å². The summed E-state index contributed by atoms with van der Waals surface area (Å²) in [7, 11) is 1.71. The molecule has 3 rings (SSSR count). The van der Waals surface area contributed by atoms with Gasteiger partial charge in [-0.1, -0.05) is 0 Å². The first-order valence-corrected chi connectivity index (χ1v) is 7.47. The molecule has 0 radical (unpaired) electrons. The molecular formula is C16H17FN6O2. The van der Waals surface area contributed by atoms with Crippen LogP contribution in [-0.4, -0.2) is 34.0 Å². The Bertz CT molecular complexity index is 906. The number of benzene rings is 1. The average molecular weight is 344 g/mol. The normalized spacial score (nSPS) is 20.5. The number of aromatic nitrogens is 2. The maximum atomic E-state index is 14.4. The Hall–Kier alpha value is -3.23. The van der Waals surface area contributed by atoms with Gasteiger partial charge in [-0.05, 0) is 25.1 Å². The van der Waals surface area contributed by atoms with E-state index >= 15 is 0 Å². The van der Waals surface area contributed by atoms with E-state index in [1.54, 1.807) is 20.2 Å². The van der Waals surface area contributed by atoms with Crippen LogP contribution in [0.1, 0.15) is 22.8 Å². The molecule has 1 aromatic heterocycles. The third-order valence-corrected chi connectivity index (χ3v) is 4.13. The van der Waals surface area contributed by atoms with Crippen molar-refractivity contribution in [2.24, 2.45) is 23.5 Å². The van der Waals surface area contributed by atoms with Gasteiger partial charge in [-0.3, -0.25) is 24.2 Å². The van der Waals surface area contributed by atoms with E-state index in [0.717, 1.165) is 6.07 Å². The molecule has 130 valence electrons. The summed E-state index contributed by atoms with van der Waals surface area (Å²) in [5.41, 5.74) is 10.7. The number of aryl methyl sites for hydroxylation is 1. The van der Waals surface area contributed by atoms with Gasteiger partial charge in [0.05, 0.1) is 18.4 Å². The van der Waals surface area contributed by atoms with E-state index in [4.69, 9.17) is 11.5 Å². The molecule has 0 fully saturated rings. The Labute approximate surface area is 142 Å². The van der Waals surface area contributed by atoms with Crippen molar-refractivity contribution in [1.29, 1.82) is 0 Å². The summed E-state index contributed by atoms with van der Waals surface area (Å²) in [5, 5.41) is 4.03. The summed E-state index contributed by atoms with van der Waals surface area (Å²) in [4.78, 5) is 29.4. The Morgan fingerprint density at radius 2 is 2.12 bits per heavy atom. The van der Waals surface area contributed by atoms with Gasteiger partial charge >= 0.3 is 0 Å². The number of halogens is 1. The lowest BCUT2D eigenvalue weighted by atomic mass is 9.88. The molecule has 0 aliphatic carbocycles. The lowest BCUT2D eigenvalue weighted by molar-refractivity contribution is -0.113. The topological polar surface area (TPSA) is 120 Å². The maximum absolute atomic E-state index is 14.4. The first-order valence-electron chi connectivity index (χ1n) is 7.47. The second-order valence-corrected chi connectivity index (χ2v) is 6.09. The zero-order chi connectivity index (χ0) is 18.4. The molecule has 0 bridgehead atoms. The molecule has 0 saturated heterocycles. The summed E-state index contributed by atoms with van der Waals surface area (Å²) in [6.45, 7) is 1.68. The summed E-state index contributed by atoms with van der Waals surface area (Å²) < 4.78 is 16.0. The third-order valence-electron chi connectivity index (χ3n) is 4.13. The highest BCUT2D eigenvalue weighted by molar-refractivity contribution is 6.42. The molecule has 1 aromatic carbocycles. The minimum absolute atomic E-state index is 0.0390. The summed E-state index contributed by atoms with van der Waals surface area (Å²) in [5.74, 6) is -1.99. The second kappa shape index (κ2) is 5.69. The van der Waals surface area contributed by atoms with Gasteiger partial charge in [0.25, 0.3) is 5.91 Å². The predicted octanol–water partition coefficient (Wildman–Crippen LogP) is 0.277. The number of amidine groups is 1. The highest BCUT2D eigenvalue weighted by Gasteiger charge is 2.40. The predicted molar refractivity (Wildman–Crippen MR) is 89.5 cm³/mol. The van der Waals surface area contributed by atoms with Crippen LogP contribution < -0.4 is 16.4 Å². The number of anilines is 1. The molecule has 1 atom stereocenters. The molecule has 4 N–H and O–H groups in total. The molecule has 1 aliphatic rings. The van der Waals surface area contributed by atoms with E-state index in [1.807, 2.05) is 0 Å². The van der Waals surface area contributed by atoms with Crippen molar-refractivity contribution in [3.8, 4) is 0 Å². The molecular weight excluding hydrogens is 327 g/mol. The first-order chi connectivity index (χ1) is 11.7. The number of aliphatic imine (C=N–C) groups is 1. The van der Waals surface area contributed by atoms with Crippen LogP contribution in [0.4, 0.5) is 10.1 Å². The largest absolute Gasteiger partial charge is 0.379 e. The zero-order valence-electron chi connectivity index (χ0n) is 13.7. The van der Waals surface area contributed by atoms with E-state index in [1.165, 1.54) is 27.9 Å². The molecule has 2 amide bonds. The fraction of sp³-hybridized carbons (Fsp3) is 0.250. The van der Waals surface area contributed by atoms with Crippen LogP contribution in [-0.2, 0) is 17.4 Å². The highest BCUT2D eigenvalue weighted by Crippen LogP contribution is 2.34. The number of hydrogen-bond acceptors (Lipinski definition) is 5. The number of rotatable bonds is 3. The number of nitrogens with two attached hydrogens (primary N) is 2. The first kappa shape index (κ1) is 16.6. The molecule has 9 heteroatoms. The van der Waals surface area contributed by atoms with E-state index in [-0.39, 0.29) is 23.5 Å². The van der Waals surface area contributed by atoms with Crippen LogP contribution in [0.3, 0.4) is 0 Å². The van der Waals surface area contributed by atoms with Crippen molar-refractivity contribution < 1.29 is 14.0 Å². The van der Waals surface area contributed by atoms with Gasteiger partial charge in [0, 0.05) is 24.4 Å². The summed E-state index contributed by atoms with van der Waals surface area (Å²) in [6.07, 6.45) is 3.15. The van der Waals surface area contributed by atoms with Crippen molar-refractivity contribution in [3.05, 3.63) is 47.5 Å². The fourth-order valence-corrected chi connectivity index (χ4v) is 2.86. The maximum Gasteiger partial charge on any atom is 0.293 e. The van der Waals surface area contributed by atoms with Crippen molar-refractivity contribution >= 4 is 23.3 Å². The van der Waals surface area contributed by atoms with Crippen molar-refractivity contribution in [2.45, 2.75) is 12.5 Å². The van der Waals surface area contributed by atoms with Crippen LogP contribution in [0.15, 0.2) is 35.6 Å². The molecule has 0 saturated carbocycles. The molecule has 25 heavy (non-hydrogen) atoms. The van der Waals surface area contributed by atoms with Gasteiger partial charge in [-0.25, -0.2) is 4.39 Å². The van der Waals surface area contributed by atoms with Gasteiger partial charge < -0.3 is 11.5 Å². The molecule has 1 aliphatic heterocycles. The number of nitrogens with zero attached hydrogens (tertiary/aromatic N) is 4. The van der Waals surface area contributed by atoms with Crippen LogP contribution >= 0.6 is 0 Å². The Morgan fingerprint density at radius 1 is 1.40 bits per heavy atom. The van der Waals surface area contributed by atoms with Gasteiger partial charge in [0.15, 0.2) is 5.84 Å². The number of hydrogen-bond donors (Lipinski definition) is 2. The van der Waals surface area contributed by atoms with Crippen molar-refractivity contribution in [1.82, 2.24) is 9.78 Å². The van der Waals surface area contributed by atoms with Gasteiger partial charge in [0.1, 0.15) is 11.4 Å². The molecule has 8 nitrogen and oxygen atoms in total. The van der Waals surface area contributed by atoms with Crippen LogP contribution in [0, 0.1) is 5.82 Å². The van der Waals surface area contributed by atoms with Crippen LogP contribution in [0.2, 0.25) is 0 Å². The molecule has 0 spiro atoms. The quantitative estimate of drug-likeness (QED) is 0.831. The van der Waals surface area contributed by atoms with E-state index < -0.39 is 23.2 Å². The number of carbonyl (C=O) groups is 2. The Kier molecular flexibility index (Phi) is 3.78. The average Bonchev–Trinajstić information content (AvgIpc) is 2.97. The number of carbonyl (C=O) groups excluding carboxylic acids is 2. The molecule has 1 unspecified atom stereocenters. The van der Waals surface area contributed by atoms with Gasteiger partial charge in [-0.15, -0.1) is 0 Å². The highest BCUT2D eigenvalue weighted by atomic mass is 19.1. The summed E-state index contributed by atoms with van der Waals surface area (Å²) in [6, 6.07) is 3.79. The van der Waals surface area contributed by atoms with E-state index in [2.05, 4.69) is 10.1 Å². The smallest absolute Gasteiger partial charge is 0.293 e. The van der Waals surface area contributed by atoms with Crippen LogP contribution in [0.5, 0.6) is 0 Å². The number of amides is 2. The second-order valence-electron chi connectivity index (χ2n) is 6.09. The lowest BCUT2D eigenvalue weighted by Crippen LogP contribution is -2.52. The summed E-state index contributed by atoms with van der Waals surface area (Å²) >= 11 is 0. The minimum atomic E-state index is -1.18. The zero-order valence-corrected chi connectivity index (χ0v) is 13.7. The van der Waals surface area contributed by atoms with Crippen molar-refractivity contribution in [2.75, 3.05) is 11.4 Å². The monoisotopic (exact) mass is 344 g/mol. The number of primary amides is 1. The minimum Gasteiger partial charge on any atom is -0.379 e. The molecule has 2 heterocycles. The van der Waals surface area contributed by atoms with Gasteiger partial charge in [-0.2, -0.15) is 5.10 Å². The van der Waals surface area contributed by atoms with E-state index in [9.17, 15) is 14.0 Å². The fourth-order valence-electron chi connectivity index (χ4n) is 2.86. The van der Waals surface area contributed by atoms with Crippen molar-refractivity contribution in [3.63, 3.8) is 0 Å². The Balaban J connectivity index is 2.10. The standard InChI is InChI=1S/C16H17FN6O2/c1-16(11-5-9(14(19)24)3-4-12(11)17)8-23(15(25)13(18)21-16)10-6-20-22(2)7-10/h3-7H,8H2,1-2H3,(H2,18,21)(H2,19,24). The Morgan fingerprint density at radius 3 is 2.72 bits per heavy atom. The van der Waals surface area contributed by atoms with E-state index in [0.29, 0.717) is 5.69 Å².